The number of ether oxygens (including phenoxy) is 1. The largest absolute Gasteiger partial charge is 0.492 e. The van der Waals surface area contributed by atoms with E-state index in [0.717, 1.165) is 11.3 Å². The third-order valence-electron chi connectivity index (χ3n) is 2.55. The summed E-state index contributed by atoms with van der Waals surface area (Å²) in [7, 11) is 0. The normalized spacial score (nSPS) is 12.1. The Labute approximate surface area is 101 Å². The van der Waals surface area contributed by atoms with Crippen LogP contribution in [0.2, 0.25) is 0 Å². The first-order valence-electron chi connectivity index (χ1n) is 5.60. The highest BCUT2D eigenvalue weighted by molar-refractivity contribution is 5.27. The summed E-state index contributed by atoms with van der Waals surface area (Å²) in [6.07, 6.45) is 3.48. The van der Waals surface area contributed by atoms with Gasteiger partial charge in [-0.05, 0) is 42.3 Å². The zero-order valence-electron chi connectivity index (χ0n) is 9.84. The standard InChI is InChI=1S/C14H16N2O/c1-11-3-2-4-13(9-11)17-10-14(15)12-5-7-16-8-6-12/h2-9,14H,10,15H2,1H3. The molecule has 2 rings (SSSR count). The molecule has 3 nitrogen and oxygen atoms in total. The van der Waals surface area contributed by atoms with Gasteiger partial charge in [0.2, 0.25) is 0 Å². The van der Waals surface area contributed by atoms with Gasteiger partial charge in [0.05, 0.1) is 6.04 Å². The molecule has 1 aromatic heterocycles. The van der Waals surface area contributed by atoms with Gasteiger partial charge in [-0.15, -0.1) is 0 Å². The van der Waals surface area contributed by atoms with Crippen molar-refractivity contribution in [1.29, 1.82) is 0 Å². The quantitative estimate of drug-likeness (QED) is 0.874. The Bertz CT molecular complexity index is 471. The van der Waals surface area contributed by atoms with Crippen LogP contribution in [-0.4, -0.2) is 11.6 Å². The predicted molar refractivity (Wildman–Crippen MR) is 67.8 cm³/mol. The van der Waals surface area contributed by atoms with E-state index in [1.807, 2.05) is 43.3 Å². The van der Waals surface area contributed by atoms with E-state index in [1.54, 1.807) is 12.4 Å². The Morgan fingerprint density at radius 1 is 1.24 bits per heavy atom. The highest BCUT2D eigenvalue weighted by Crippen LogP contribution is 2.15. The molecule has 0 radical (unpaired) electrons. The van der Waals surface area contributed by atoms with Crippen LogP contribution in [0, 0.1) is 6.92 Å². The van der Waals surface area contributed by atoms with E-state index < -0.39 is 0 Å². The molecule has 2 N–H and O–H groups in total. The van der Waals surface area contributed by atoms with Crippen LogP contribution in [0.5, 0.6) is 5.75 Å². The van der Waals surface area contributed by atoms with Gasteiger partial charge in [-0.25, -0.2) is 0 Å². The van der Waals surface area contributed by atoms with Crippen LogP contribution in [0.25, 0.3) is 0 Å². The number of hydrogen-bond acceptors (Lipinski definition) is 3. The lowest BCUT2D eigenvalue weighted by Gasteiger charge is -2.13. The molecule has 3 heteroatoms. The number of aromatic nitrogens is 1. The molecule has 0 aliphatic carbocycles. The minimum absolute atomic E-state index is 0.126. The summed E-state index contributed by atoms with van der Waals surface area (Å²) in [5.74, 6) is 0.856. The van der Waals surface area contributed by atoms with Gasteiger partial charge in [-0.3, -0.25) is 4.98 Å². The molecule has 0 aliphatic heterocycles. The van der Waals surface area contributed by atoms with Crippen molar-refractivity contribution < 1.29 is 4.74 Å². The maximum absolute atomic E-state index is 6.03. The summed E-state index contributed by atoms with van der Waals surface area (Å²) in [5, 5.41) is 0. The van der Waals surface area contributed by atoms with E-state index >= 15 is 0 Å². The summed E-state index contributed by atoms with van der Waals surface area (Å²) < 4.78 is 5.66. The summed E-state index contributed by atoms with van der Waals surface area (Å²) in [6, 6.07) is 11.6. The highest BCUT2D eigenvalue weighted by Gasteiger charge is 2.06. The molecule has 0 fully saturated rings. The van der Waals surface area contributed by atoms with Crippen LogP contribution in [0.15, 0.2) is 48.8 Å². The highest BCUT2D eigenvalue weighted by atomic mass is 16.5. The fourth-order valence-corrected chi connectivity index (χ4v) is 1.60. The van der Waals surface area contributed by atoms with Gasteiger partial charge < -0.3 is 10.5 Å². The molecule has 1 unspecified atom stereocenters. The first-order valence-corrected chi connectivity index (χ1v) is 5.60. The van der Waals surface area contributed by atoms with E-state index in [1.165, 1.54) is 5.56 Å². The minimum atomic E-state index is -0.126. The van der Waals surface area contributed by atoms with Crippen LogP contribution >= 0.6 is 0 Å². The molecular formula is C14H16N2O. The minimum Gasteiger partial charge on any atom is -0.492 e. The van der Waals surface area contributed by atoms with Crippen LogP contribution < -0.4 is 10.5 Å². The first-order chi connectivity index (χ1) is 8.25. The number of aryl methyl sites for hydroxylation is 1. The van der Waals surface area contributed by atoms with Gasteiger partial charge in [0.15, 0.2) is 0 Å². The van der Waals surface area contributed by atoms with E-state index in [2.05, 4.69) is 4.98 Å². The van der Waals surface area contributed by atoms with Crippen molar-refractivity contribution in [2.75, 3.05) is 6.61 Å². The number of pyridine rings is 1. The zero-order valence-corrected chi connectivity index (χ0v) is 9.84. The molecule has 2 aromatic rings. The Morgan fingerprint density at radius 2 is 2.00 bits per heavy atom. The first kappa shape index (κ1) is 11.6. The smallest absolute Gasteiger partial charge is 0.119 e. The summed E-state index contributed by atoms with van der Waals surface area (Å²) in [5.41, 5.74) is 8.24. The Morgan fingerprint density at radius 3 is 2.71 bits per heavy atom. The second-order valence-electron chi connectivity index (χ2n) is 4.01. The number of nitrogens with zero attached hydrogens (tertiary/aromatic N) is 1. The molecule has 0 saturated carbocycles. The Hall–Kier alpha value is -1.87. The van der Waals surface area contributed by atoms with Crippen molar-refractivity contribution in [1.82, 2.24) is 4.98 Å². The van der Waals surface area contributed by atoms with Gasteiger partial charge in [0, 0.05) is 12.4 Å². The Kier molecular flexibility index (Phi) is 3.73. The predicted octanol–water partition coefficient (Wildman–Crippen LogP) is 2.47. The summed E-state index contributed by atoms with van der Waals surface area (Å²) >= 11 is 0. The van der Waals surface area contributed by atoms with Crippen molar-refractivity contribution in [2.45, 2.75) is 13.0 Å². The van der Waals surface area contributed by atoms with E-state index in [0.29, 0.717) is 6.61 Å². The van der Waals surface area contributed by atoms with Crippen molar-refractivity contribution in [2.24, 2.45) is 5.73 Å². The topological polar surface area (TPSA) is 48.1 Å². The van der Waals surface area contributed by atoms with Gasteiger partial charge in [-0.2, -0.15) is 0 Å². The van der Waals surface area contributed by atoms with Crippen molar-refractivity contribution >= 4 is 0 Å². The summed E-state index contributed by atoms with van der Waals surface area (Å²) in [4.78, 5) is 3.96. The molecule has 1 heterocycles. The molecule has 88 valence electrons. The molecule has 17 heavy (non-hydrogen) atoms. The van der Waals surface area contributed by atoms with Gasteiger partial charge in [0.1, 0.15) is 12.4 Å². The number of rotatable bonds is 4. The number of benzene rings is 1. The second-order valence-corrected chi connectivity index (χ2v) is 4.01. The fourth-order valence-electron chi connectivity index (χ4n) is 1.60. The molecule has 0 saturated heterocycles. The molecule has 0 aliphatic rings. The molecule has 0 spiro atoms. The van der Waals surface area contributed by atoms with E-state index in [9.17, 15) is 0 Å². The Balaban J connectivity index is 1.95. The zero-order chi connectivity index (χ0) is 12.1. The summed E-state index contributed by atoms with van der Waals surface area (Å²) in [6.45, 7) is 2.50. The van der Waals surface area contributed by atoms with Gasteiger partial charge in [0.25, 0.3) is 0 Å². The number of nitrogens with two attached hydrogens (primary N) is 1. The monoisotopic (exact) mass is 228 g/mol. The average molecular weight is 228 g/mol. The van der Waals surface area contributed by atoms with Crippen molar-refractivity contribution in [3.8, 4) is 5.75 Å². The fraction of sp³-hybridized carbons (Fsp3) is 0.214. The van der Waals surface area contributed by atoms with Gasteiger partial charge >= 0.3 is 0 Å². The van der Waals surface area contributed by atoms with Crippen LogP contribution in [0.1, 0.15) is 17.2 Å². The third-order valence-corrected chi connectivity index (χ3v) is 2.55. The lowest BCUT2D eigenvalue weighted by atomic mass is 10.1. The lowest BCUT2D eigenvalue weighted by molar-refractivity contribution is 0.290. The van der Waals surface area contributed by atoms with Crippen molar-refractivity contribution in [3.63, 3.8) is 0 Å². The van der Waals surface area contributed by atoms with Crippen LogP contribution in [-0.2, 0) is 0 Å². The second kappa shape index (κ2) is 5.46. The third kappa shape index (κ3) is 3.29. The molecular weight excluding hydrogens is 212 g/mol. The van der Waals surface area contributed by atoms with Crippen LogP contribution in [0.4, 0.5) is 0 Å². The maximum atomic E-state index is 6.03. The van der Waals surface area contributed by atoms with Crippen molar-refractivity contribution in [3.05, 3.63) is 59.9 Å². The lowest BCUT2D eigenvalue weighted by Crippen LogP contribution is -2.18. The SMILES string of the molecule is Cc1cccc(OCC(N)c2ccncc2)c1. The number of hydrogen-bond donors (Lipinski definition) is 1. The maximum Gasteiger partial charge on any atom is 0.119 e. The molecule has 1 atom stereocenters. The van der Waals surface area contributed by atoms with Crippen LogP contribution in [0.3, 0.4) is 0 Å². The average Bonchev–Trinajstić information content (AvgIpc) is 2.37. The van der Waals surface area contributed by atoms with Gasteiger partial charge in [-0.1, -0.05) is 12.1 Å². The molecule has 0 bridgehead atoms. The van der Waals surface area contributed by atoms with E-state index in [-0.39, 0.29) is 6.04 Å². The van der Waals surface area contributed by atoms with E-state index in [4.69, 9.17) is 10.5 Å². The molecule has 0 amide bonds. The molecule has 1 aromatic carbocycles.